The van der Waals surface area contributed by atoms with E-state index in [-0.39, 0.29) is 46.7 Å². The van der Waals surface area contributed by atoms with Gasteiger partial charge in [-0.2, -0.15) is 15.2 Å². The maximum absolute atomic E-state index is 15.6. The van der Waals surface area contributed by atoms with Crippen molar-refractivity contribution in [1.29, 1.82) is 0 Å². The summed E-state index contributed by atoms with van der Waals surface area (Å²) in [4.78, 5) is 63.3. The minimum Gasteiger partial charge on any atom is -0.502 e. The lowest BCUT2D eigenvalue weighted by molar-refractivity contribution is -0.139. The van der Waals surface area contributed by atoms with Crippen molar-refractivity contribution in [2.45, 2.75) is 18.3 Å². The molecule has 16 heteroatoms. The number of methoxy groups -OCH3 is 3. The van der Waals surface area contributed by atoms with Crippen LogP contribution in [0.2, 0.25) is 10.0 Å². The molecule has 4 amide bonds. The number of azo groups is 1. The molecule has 0 bridgehead atoms. The number of halogens is 2. The summed E-state index contributed by atoms with van der Waals surface area (Å²) in [5, 5.41) is 21.0. The largest absolute Gasteiger partial charge is 0.502 e. The number of phenols is 1. The molecule has 1 saturated carbocycles. The lowest BCUT2D eigenvalue weighted by Gasteiger charge is -2.49. The molecule has 3 fully saturated rings. The Bertz CT molecular complexity index is 2860. The van der Waals surface area contributed by atoms with Crippen molar-refractivity contribution in [1.82, 2.24) is 5.01 Å². The molecule has 2 N–H and O–H groups in total. The van der Waals surface area contributed by atoms with E-state index in [1.165, 1.54) is 32.3 Å². The molecule has 4 aliphatic rings. The van der Waals surface area contributed by atoms with Crippen LogP contribution < -0.4 is 29.4 Å². The molecule has 0 spiro atoms. The van der Waals surface area contributed by atoms with Crippen LogP contribution in [0.1, 0.15) is 24.0 Å². The molecule has 0 aromatic heterocycles. The maximum atomic E-state index is 15.6. The Hall–Kier alpha value is -7.16. The van der Waals surface area contributed by atoms with E-state index in [9.17, 15) is 14.7 Å². The van der Waals surface area contributed by atoms with Crippen LogP contribution in [0, 0.1) is 29.6 Å². The van der Waals surface area contributed by atoms with E-state index in [4.69, 9.17) is 37.4 Å². The van der Waals surface area contributed by atoms with Gasteiger partial charge in [0.2, 0.25) is 17.6 Å². The van der Waals surface area contributed by atoms with Gasteiger partial charge in [-0.25, -0.2) is 0 Å². The van der Waals surface area contributed by atoms with Gasteiger partial charge >= 0.3 is 0 Å². The van der Waals surface area contributed by atoms with Crippen LogP contribution in [0.3, 0.4) is 0 Å². The zero-order chi connectivity index (χ0) is 47.3. The van der Waals surface area contributed by atoms with E-state index in [2.05, 4.69) is 15.7 Å². The fraction of sp³-hybridized carbons (Fsp3) is 0.255. The quantitative estimate of drug-likeness (QED) is 0.0700. The van der Waals surface area contributed by atoms with Gasteiger partial charge in [0.05, 0.1) is 72.3 Å². The first kappa shape index (κ1) is 45.0. The molecule has 0 radical (unpaired) electrons. The second-order valence-corrected chi connectivity index (χ2v) is 17.9. The van der Waals surface area contributed by atoms with Crippen molar-refractivity contribution in [3.8, 4) is 23.0 Å². The van der Waals surface area contributed by atoms with Gasteiger partial charge in [0.1, 0.15) is 5.75 Å². The first-order valence-corrected chi connectivity index (χ1v) is 22.3. The second kappa shape index (κ2) is 17.9. The Morgan fingerprint density at radius 2 is 1.42 bits per heavy atom. The first-order chi connectivity index (χ1) is 32.3. The third-order valence-electron chi connectivity index (χ3n) is 13.4. The molecule has 5 aromatic carbocycles. The normalized spacial score (nSPS) is 23.3. The highest BCUT2D eigenvalue weighted by Gasteiger charge is 2.69. The van der Waals surface area contributed by atoms with Crippen LogP contribution in [0.25, 0.3) is 6.08 Å². The Kier molecular flexibility index (Phi) is 12.0. The highest BCUT2D eigenvalue weighted by atomic mass is 35.5. The van der Waals surface area contributed by atoms with Crippen LogP contribution in [-0.2, 0) is 24.6 Å². The number of nitrogens with one attached hydrogen (secondary N) is 1. The third-order valence-corrected chi connectivity index (χ3v) is 13.9. The molecule has 342 valence electrons. The summed E-state index contributed by atoms with van der Waals surface area (Å²) in [5.74, 6) is -5.22. The van der Waals surface area contributed by atoms with Crippen molar-refractivity contribution in [2.24, 2.45) is 39.8 Å². The number of anilines is 3. The van der Waals surface area contributed by atoms with Gasteiger partial charge in [0.15, 0.2) is 11.5 Å². The van der Waals surface area contributed by atoms with E-state index in [1.54, 1.807) is 78.9 Å². The van der Waals surface area contributed by atoms with Gasteiger partial charge in [-0.1, -0.05) is 59.1 Å². The highest BCUT2D eigenvalue weighted by Crippen LogP contribution is 2.62. The number of benzene rings is 5. The van der Waals surface area contributed by atoms with E-state index in [0.717, 1.165) is 16.3 Å². The number of hydrogen-bond acceptors (Lipinski definition) is 12. The van der Waals surface area contributed by atoms with Gasteiger partial charge in [-0.05, 0) is 121 Å². The number of aromatic hydroxyl groups is 1. The Labute approximate surface area is 397 Å². The number of hydrazine groups is 1. The van der Waals surface area contributed by atoms with Crippen LogP contribution >= 0.6 is 23.2 Å². The van der Waals surface area contributed by atoms with Crippen molar-refractivity contribution >= 4 is 81.3 Å². The monoisotopic (exact) mass is 940 g/mol. The number of ether oxygens (including phenoxy) is 3. The molecular formula is C51H46Cl2N6O8. The maximum Gasteiger partial charge on any atom is 0.260 e. The highest BCUT2D eigenvalue weighted by molar-refractivity contribution is 6.36. The number of hydrogen-bond donors (Lipinski definition) is 2. The van der Waals surface area contributed by atoms with Gasteiger partial charge in [0, 0.05) is 30.7 Å². The molecule has 2 heterocycles. The number of phenolic OH excluding ortho intramolecular Hbond substituents is 1. The van der Waals surface area contributed by atoms with E-state index in [0.29, 0.717) is 39.0 Å². The van der Waals surface area contributed by atoms with Gasteiger partial charge < -0.3 is 24.2 Å². The predicted molar refractivity (Wildman–Crippen MR) is 256 cm³/mol. The molecule has 6 atom stereocenters. The first-order valence-electron chi connectivity index (χ1n) is 21.5. The summed E-state index contributed by atoms with van der Waals surface area (Å²) in [5.41, 5.74) is 6.18. The topological polar surface area (TPSA) is 163 Å². The minimum atomic E-state index is -1.57. The zero-order valence-corrected chi connectivity index (χ0v) is 38.7. The van der Waals surface area contributed by atoms with Crippen molar-refractivity contribution in [2.75, 3.05) is 50.7 Å². The lowest BCUT2D eigenvalue weighted by Crippen LogP contribution is -2.54. The van der Waals surface area contributed by atoms with Crippen molar-refractivity contribution in [3.63, 3.8) is 0 Å². The molecule has 9 rings (SSSR count). The predicted octanol–water partition coefficient (Wildman–Crippen LogP) is 9.94. The Morgan fingerprint density at radius 3 is 2.01 bits per heavy atom. The fourth-order valence-corrected chi connectivity index (χ4v) is 10.6. The molecule has 2 saturated heterocycles. The number of carbonyl (C=O) groups is 4. The molecule has 2 aliphatic carbocycles. The standard InChI is InChI=1S/C51H46Cl2N6O8/c1-57(2)33-14-10-31(11-15-33)54-55-32-12-16-34(17-13-32)58-47(61)37-21-20-36-38(45(37)49(58)63)27-40-48(62)59(56-42-23-9-30(52)26-41(42)53)50(64)51(40,29-7-18-35(65-3)19-8-29)39(36)22-6-28-24-43(66-4)46(60)44(25-28)67-5/h6-20,22-26,37-40,45,56,60H,21,27H2,1-5H3. The van der Waals surface area contributed by atoms with Crippen LogP contribution in [0.4, 0.5) is 28.4 Å². The molecule has 67 heavy (non-hydrogen) atoms. The van der Waals surface area contributed by atoms with Crippen LogP contribution in [0.5, 0.6) is 23.0 Å². The number of amides is 4. The van der Waals surface area contributed by atoms with Crippen molar-refractivity contribution in [3.05, 3.63) is 142 Å². The van der Waals surface area contributed by atoms with Gasteiger partial charge in [-0.15, -0.1) is 0 Å². The van der Waals surface area contributed by atoms with Crippen LogP contribution in [0.15, 0.2) is 131 Å². The van der Waals surface area contributed by atoms with E-state index < -0.39 is 52.7 Å². The number of allylic oxidation sites excluding steroid dienone is 3. The fourth-order valence-electron chi connectivity index (χ4n) is 10.2. The Balaban J connectivity index is 1.13. The summed E-state index contributed by atoms with van der Waals surface area (Å²) in [6, 6.07) is 29.4. The number of imide groups is 2. The number of fused-ring (bicyclic) bond motifs is 4. The third kappa shape index (κ3) is 7.73. The minimum absolute atomic E-state index is 0.0725. The van der Waals surface area contributed by atoms with Crippen molar-refractivity contribution < 1.29 is 38.5 Å². The summed E-state index contributed by atoms with van der Waals surface area (Å²) in [6.07, 6.45) is 5.89. The number of nitrogens with zero attached hydrogens (tertiary/aromatic N) is 5. The van der Waals surface area contributed by atoms with Crippen LogP contribution in [-0.4, -0.2) is 69.2 Å². The van der Waals surface area contributed by atoms with Gasteiger partial charge in [-0.3, -0.25) is 29.5 Å². The van der Waals surface area contributed by atoms with Gasteiger partial charge in [0.25, 0.3) is 11.8 Å². The molecular weight excluding hydrogens is 896 g/mol. The average molecular weight is 942 g/mol. The summed E-state index contributed by atoms with van der Waals surface area (Å²) < 4.78 is 16.4. The Morgan fingerprint density at radius 1 is 0.776 bits per heavy atom. The second-order valence-electron chi connectivity index (χ2n) is 17.0. The smallest absolute Gasteiger partial charge is 0.260 e. The lowest BCUT2D eigenvalue weighted by atomic mass is 9.50. The summed E-state index contributed by atoms with van der Waals surface area (Å²) >= 11 is 12.8. The number of carbonyl (C=O) groups excluding carboxylic acids is 4. The molecule has 14 nitrogen and oxygen atoms in total. The zero-order valence-electron chi connectivity index (χ0n) is 37.1. The van der Waals surface area contributed by atoms with E-state index >= 15 is 9.59 Å². The molecule has 5 aromatic rings. The summed E-state index contributed by atoms with van der Waals surface area (Å²) in [6.45, 7) is 0. The summed E-state index contributed by atoms with van der Waals surface area (Å²) in [7, 11) is 8.30. The average Bonchev–Trinajstić information content (AvgIpc) is 3.72. The molecule has 6 unspecified atom stereocenters. The molecule has 2 aliphatic heterocycles. The SMILES string of the molecule is COc1ccc(C23C(=O)N(Nc4ccc(Cl)cc4Cl)C(=O)C2CC2C(=CCC4C(=O)N(c5ccc(N=Nc6ccc(N(C)C)cc6)cc5)C(=O)C42)C3C=Cc2cc(OC)c(O)c(OC)c2)cc1. The van der Waals surface area contributed by atoms with E-state index in [1.807, 2.05) is 55.4 Å². The number of rotatable bonds is 12.